The third-order valence-electron chi connectivity index (χ3n) is 4.32. The molecule has 1 amide bonds. The summed E-state index contributed by atoms with van der Waals surface area (Å²) in [7, 11) is 1.54. The van der Waals surface area contributed by atoms with Crippen molar-refractivity contribution in [2.75, 3.05) is 33.4 Å². The molecule has 1 saturated heterocycles. The molecule has 0 aliphatic carbocycles. The summed E-state index contributed by atoms with van der Waals surface area (Å²) in [5.41, 5.74) is 0.826. The van der Waals surface area contributed by atoms with Gasteiger partial charge in [-0.3, -0.25) is 9.69 Å². The Labute approximate surface area is 149 Å². The van der Waals surface area contributed by atoms with Crippen LogP contribution in [0.4, 0.5) is 0 Å². The van der Waals surface area contributed by atoms with Gasteiger partial charge in [0.15, 0.2) is 18.1 Å². The first-order chi connectivity index (χ1) is 12.2. The third-order valence-corrected chi connectivity index (χ3v) is 4.32. The molecule has 0 bridgehead atoms. The quantitative estimate of drug-likeness (QED) is 0.733. The lowest BCUT2D eigenvalue weighted by Crippen LogP contribution is -2.39. The summed E-state index contributed by atoms with van der Waals surface area (Å²) < 4.78 is 10.5. The van der Waals surface area contributed by atoms with Crippen LogP contribution < -0.4 is 14.8 Å². The third kappa shape index (κ3) is 5.50. The van der Waals surface area contributed by atoms with Crippen LogP contribution in [0, 0.1) is 11.3 Å². The van der Waals surface area contributed by atoms with Gasteiger partial charge in [0.2, 0.25) is 5.91 Å². The molecule has 1 fully saturated rings. The van der Waals surface area contributed by atoms with E-state index in [1.165, 1.54) is 19.6 Å². The van der Waals surface area contributed by atoms with Crippen LogP contribution in [0.5, 0.6) is 11.5 Å². The van der Waals surface area contributed by atoms with E-state index in [0.717, 1.165) is 25.1 Å². The monoisotopic (exact) mass is 343 g/mol. The highest BCUT2D eigenvalue weighted by Crippen LogP contribution is 2.28. The maximum Gasteiger partial charge on any atom is 0.244 e. The smallest absolute Gasteiger partial charge is 0.244 e. The van der Waals surface area contributed by atoms with Gasteiger partial charge in [-0.25, -0.2) is 0 Å². The molecule has 0 radical (unpaired) electrons. The molecule has 1 aliphatic heterocycles. The number of nitrogens with zero attached hydrogens (tertiary/aromatic N) is 2. The van der Waals surface area contributed by atoms with Crippen LogP contribution in [0.1, 0.15) is 25.3 Å². The van der Waals surface area contributed by atoms with Crippen LogP contribution in [0.3, 0.4) is 0 Å². The van der Waals surface area contributed by atoms with Gasteiger partial charge in [0.25, 0.3) is 0 Å². The average molecular weight is 343 g/mol. The van der Waals surface area contributed by atoms with E-state index in [1.54, 1.807) is 18.2 Å². The summed E-state index contributed by atoms with van der Waals surface area (Å²) in [6.07, 6.45) is 5.59. The topological polar surface area (TPSA) is 74.6 Å². The van der Waals surface area contributed by atoms with E-state index in [4.69, 9.17) is 14.7 Å². The summed E-state index contributed by atoms with van der Waals surface area (Å²) in [4.78, 5) is 14.4. The SMILES string of the molecule is CCN1CCC[C@@H]1CNC(=O)/C=C/c1ccc(OCC#N)c(OC)c1. The second-order valence-corrected chi connectivity index (χ2v) is 5.86. The Morgan fingerprint density at radius 1 is 1.48 bits per heavy atom. The number of hydrogen-bond acceptors (Lipinski definition) is 5. The van der Waals surface area contributed by atoms with Gasteiger partial charge in [-0.2, -0.15) is 5.26 Å². The summed E-state index contributed by atoms with van der Waals surface area (Å²) in [6.45, 7) is 4.94. The maximum absolute atomic E-state index is 12.0. The molecule has 6 heteroatoms. The van der Waals surface area contributed by atoms with Gasteiger partial charge in [-0.15, -0.1) is 0 Å². The summed E-state index contributed by atoms with van der Waals surface area (Å²) in [5, 5.41) is 11.5. The van der Waals surface area contributed by atoms with Gasteiger partial charge in [-0.05, 0) is 49.7 Å². The number of nitriles is 1. The van der Waals surface area contributed by atoms with Crippen molar-refractivity contribution in [2.24, 2.45) is 0 Å². The van der Waals surface area contributed by atoms with Crippen LogP contribution in [0.2, 0.25) is 0 Å². The molecule has 1 N–H and O–H groups in total. The molecule has 6 nitrogen and oxygen atoms in total. The molecular weight excluding hydrogens is 318 g/mol. The lowest BCUT2D eigenvalue weighted by Gasteiger charge is -2.22. The minimum absolute atomic E-state index is 0.0378. The zero-order valence-electron chi connectivity index (χ0n) is 14.8. The highest BCUT2D eigenvalue weighted by molar-refractivity contribution is 5.91. The first-order valence-electron chi connectivity index (χ1n) is 8.55. The molecule has 0 unspecified atom stereocenters. The van der Waals surface area contributed by atoms with Crippen molar-refractivity contribution < 1.29 is 14.3 Å². The number of amides is 1. The van der Waals surface area contributed by atoms with Crippen LogP contribution in [0.15, 0.2) is 24.3 Å². The van der Waals surface area contributed by atoms with E-state index in [9.17, 15) is 4.79 Å². The van der Waals surface area contributed by atoms with Crippen LogP contribution in [-0.4, -0.2) is 50.2 Å². The van der Waals surface area contributed by atoms with Gasteiger partial charge in [-0.1, -0.05) is 13.0 Å². The lowest BCUT2D eigenvalue weighted by molar-refractivity contribution is -0.116. The predicted octanol–water partition coefficient (Wildman–Crippen LogP) is 2.21. The fraction of sp³-hybridized carbons (Fsp3) is 0.474. The maximum atomic E-state index is 12.0. The number of methoxy groups -OCH3 is 1. The van der Waals surface area contributed by atoms with E-state index < -0.39 is 0 Å². The van der Waals surface area contributed by atoms with Crippen molar-refractivity contribution >= 4 is 12.0 Å². The fourth-order valence-electron chi connectivity index (χ4n) is 3.01. The second-order valence-electron chi connectivity index (χ2n) is 5.86. The molecular formula is C19H25N3O3. The summed E-state index contributed by atoms with van der Waals surface area (Å²) in [6, 6.07) is 7.67. The molecule has 0 aromatic heterocycles. The molecule has 25 heavy (non-hydrogen) atoms. The van der Waals surface area contributed by atoms with Gasteiger partial charge in [0.05, 0.1) is 7.11 Å². The molecule has 0 spiro atoms. The van der Waals surface area contributed by atoms with Crippen molar-refractivity contribution in [2.45, 2.75) is 25.8 Å². The predicted molar refractivity (Wildman–Crippen MR) is 96.4 cm³/mol. The number of rotatable bonds is 8. The van der Waals surface area contributed by atoms with Crippen LogP contribution in [-0.2, 0) is 4.79 Å². The Morgan fingerprint density at radius 2 is 2.32 bits per heavy atom. The zero-order chi connectivity index (χ0) is 18.1. The molecule has 1 atom stereocenters. The normalized spacial score (nSPS) is 17.4. The first kappa shape index (κ1) is 18.8. The Hall–Kier alpha value is -2.52. The Morgan fingerprint density at radius 3 is 3.04 bits per heavy atom. The molecule has 134 valence electrons. The zero-order valence-corrected chi connectivity index (χ0v) is 14.8. The van der Waals surface area contributed by atoms with Gasteiger partial charge in [0.1, 0.15) is 6.07 Å². The first-order valence-corrected chi connectivity index (χ1v) is 8.55. The van der Waals surface area contributed by atoms with E-state index in [1.807, 2.05) is 12.1 Å². The van der Waals surface area contributed by atoms with Gasteiger partial charge >= 0.3 is 0 Å². The lowest BCUT2D eigenvalue weighted by atomic mass is 10.2. The standard InChI is InChI=1S/C19H25N3O3/c1-3-22-11-4-5-16(22)14-21-19(23)9-7-15-6-8-17(25-12-10-20)18(13-15)24-2/h6-9,13,16H,3-5,11-12,14H2,1-2H3,(H,21,23)/b9-7+/t16-/m1/s1. The molecule has 2 rings (SSSR count). The molecule has 1 aromatic carbocycles. The molecule has 0 saturated carbocycles. The van der Waals surface area contributed by atoms with Crippen LogP contribution >= 0.6 is 0 Å². The van der Waals surface area contributed by atoms with Gasteiger partial charge < -0.3 is 14.8 Å². The van der Waals surface area contributed by atoms with E-state index in [-0.39, 0.29) is 12.5 Å². The van der Waals surface area contributed by atoms with Crippen molar-refractivity contribution in [3.8, 4) is 17.6 Å². The van der Waals surface area contributed by atoms with E-state index in [0.29, 0.717) is 24.1 Å². The minimum Gasteiger partial charge on any atom is -0.493 e. The van der Waals surface area contributed by atoms with Crippen molar-refractivity contribution in [3.63, 3.8) is 0 Å². The Kier molecular flexibility index (Phi) is 7.30. The number of nitrogens with one attached hydrogen (secondary N) is 1. The number of carbonyl (C=O) groups excluding carboxylic acids is 1. The fourth-order valence-corrected chi connectivity index (χ4v) is 3.01. The molecule has 1 heterocycles. The van der Waals surface area contributed by atoms with Crippen molar-refractivity contribution in [1.29, 1.82) is 5.26 Å². The summed E-state index contributed by atoms with van der Waals surface area (Å²) >= 11 is 0. The highest BCUT2D eigenvalue weighted by atomic mass is 16.5. The Bertz CT molecular complexity index is 652. The number of hydrogen-bond donors (Lipinski definition) is 1. The minimum atomic E-state index is -0.105. The second kappa shape index (κ2) is 9.70. The van der Waals surface area contributed by atoms with Crippen molar-refractivity contribution in [3.05, 3.63) is 29.8 Å². The number of carbonyl (C=O) groups is 1. The van der Waals surface area contributed by atoms with Crippen LogP contribution in [0.25, 0.3) is 6.08 Å². The number of benzene rings is 1. The van der Waals surface area contributed by atoms with E-state index >= 15 is 0 Å². The summed E-state index contributed by atoms with van der Waals surface area (Å²) in [5.74, 6) is 0.931. The number of likely N-dealkylation sites (N-methyl/N-ethyl adjacent to an activating group) is 1. The molecule has 1 aliphatic rings. The van der Waals surface area contributed by atoms with Crippen molar-refractivity contribution in [1.82, 2.24) is 10.2 Å². The van der Waals surface area contributed by atoms with E-state index in [2.05, 4.69) is 17.1 Å². The number of likely N-dealkylation sites (tertiary alicyclic amines) is 1. The highest BCUT2D eigenvalue weighted by Gasteiger charge is 2.22. The molecule has 1 aromatic rings. The number of ether oxygens (including phenoxy) is 2. The van der Waals surface area contributed by atoms with Gasteiger partial charge in [0, 0.05) is 18.7 Å². The Balaban J connectivity index is 1.89. The largest absolute Gasteiger partial charge is 0.493 e. The average Bonchev–Trinajstić information content (AvgIpc) is 3.10.